The van der Waals surface area contributed by atoms with E-state index in [1.54, 1.807) is 0 Å². The Morgan fingerprint density at radius 1 is 1.06 bits per heavy atom. The second kappa shape index (κ2) is 7.60. The standard InChI is InChI=1S/C22H23F3N4O3/c23-22(24,25)14-3-4-16(26-10-14)28-7-5-15(6-8-28)27-17(30)11-29-20(31)18-12-1-2-13(9-12)19(18)21(29)32/h1-4,10,12-13,15,18-19H,5-9,11H2,(H,27,30)/t12-,13-,18-,19-/m0/s1. The van der Waals surface area contributed by atoms with Gasteiger partial charge >= 0.3 is 6.18 Å². The number of nitrogens with one attached hydrogen (secondary N) is 1. The Morgan fingerprint density at radius 3 is 2.22 bits per heavy atom. The quantitative estimate of drug-likeness (QED) is 0.563. The topological polar surface area (TPSA) is 82.6 Å². The first-order chi connectivity index (χ1) is 15.2. The average molecular weight is 448 g/mol. The van der Waals surface area contributed by atoms with Crippen LogP contribution in [0.4, 0.5) is 19.0 Å². The van der Waals surface area contributed by atoms with Crippen LogP contribution in [0.2, 0.25) is 0 Å². The van der Waals surface area contributed by atoms with Crippen LogP contribution in [0.5, 0.6) is 0 Å². The Morgan fingerprint density at radius 2 is 1.69 bits per heavy atom. The Bertz CT molecular complexity index is 940. The van der Waals surface area contributed by atoms with Gasteiger partial charge in [0.05, 0.1) is 17.4 Å². The number of anilines is 1. The lowest BCUT2D eigenvalue weighted by atomic mass is 9.85. The molecule has 1 aromatic heterocycles. The molecule has 32 heavy (non-hydrogen) atoms. The molecule has 10 heteroatoms. The highest BCUT2D eigenvalue weighted by molar-refractivity contribution is 6.08. The molecule has 2 saturated heterocycles. The number of imide groups is 1. The maximum absolute atomic E-state index is 12.7. The number of halogens is 3. The second-order valence-corrected chi connectivity index (χ2v) is 8.99. The van der Waals surface area contributed by atoms with Crippen LogP contribution in [-0.4, -0.2) is 53.3 Å². The first-order valence-electron chi connectivity index (χ1n) is 10.8. The minimum atomic E-state index is -4.42. The maximum atomic E-state index is 12.7. The monoisotopic (exact) mass is 448 g/mol. The van der Waals surface area contributed by atoms with Crippen molar-refractivity contribution in [1.82, 2.24) is 15.2 Å². The lowest BCUT2D eigenvalue weighted by molar-refractivity contribution is -0.144. The van der Waals surface area contributed by atoms with Crippen LogP contribution in [0.1, 0.15) is 24.8 Å². The predicted octanol–water partition coefficient (Wildman–Crippen LogP) is 1.99. The highest BCUT2D eigenvalue weighted by atomic mass is 19.4. The van der Waals surface area contributed by atoms with Gasteiger partial charge in [-0.05, 0) is 43.2 Å². The summed E-state index contributed by atoms with van der Waals surface area (Å²) < 4.78 is 38.1. The zero-order valence-electron chi connectivity index (χ0n) is 17.2. The summed E-state index contributed by atoms with van der Waals surface area (Å²) in [5.74, 6) is -0.792. The average Bonchev–Trinajstić information content (AvgIpc) is 3.44. The molecule has 7 nitrogen and oxygen atoms in total. The molecule has 2 aliphatic carbocycles. The predicted molar refractivity (Wildman–Crippen MR) is 107 cm³/mol. The lowest BCUT2D eigenvalue weighted by Crippen LogP contribution is -2.48. The molecule has 0 radical (unpaired) electrons. The number of fused-ring (bicyclic) bond motifs is 5. The summed E-state index contributed by atoms with van der Waals surface area (Å²) >= 11 is 0. The number of alkyl halides is 3. The van der Waals surface area contributed by atoms with Crippen LogP contribution in [-0.2, 0) is 20.6 Å². The molecule has 2 bridgehead atoms. The molecule has 3 fully saturated rings. The van der Waals surface area contributed by atoms with Crippen LogP contribution < -0.4 is 10.2 Å². The van der Waals surface area contributed by atoms with Crippen molar-refractivity contribution in [1.29, 1.82) is 0 Å². The highest BCUT2D eigenvalue weighted by Crippen LogP contribution is 2.52. The fourth-order valence-electron chi connectivity index (χ4n) is 5.53. The molecular weight excluding hydrogens is 425 g/mol. The van der Waals surface area contributed by atoms with Gasteiger partial charge in [0.2, 0.25) is 17.7 Å². The number of rotatable bonds is 4. The number of hydrogen-bond donors (Lipinski definition) is 1. The third kappa shape index (κ3) is 3.55. The number of carbonyl (C=O) groups excluding carboxylic acids is 3. The van der Waals surface area contributed by atoms with Crippen molar-refractivity contribution in [3.8, 4) is 0 Å². The van der Waals surface area contributed by atoms with Gasteiger partial charge < -0.3 is 10.2 Å². The van der Waals surface area contributed by atoms with E-state index < -0.39 is 11.7 Å². The fraction of sp³-hybridized carbons (Fsp3) is 0.545. The number of likely N-dealkylation sites (tertiary alicyclic amines) is 1. The van der Waals surface area contributed by atoms with Crippen LogP contribution in [0.25, 0.3) is 0 Å². The first kappa shape index (κ1) is 21.0. The second-order valence-electron chi connectivity index (χ2n) is 8.99. The molecule has 0 spiro atoms. The molecule has 0 unspecified atom stereocenters. The van der Waals surface area contributed by atoms with Gasteiger partial charge in [0, 0.05) is 25.3 Å². The number of aromatic nitrogens is 1. The van der Waals surface area contributed by atoms with Gasteiger partial charge in [-0.25, -0.2) is 4.98 Å². The van der Waals surface area contributed by atoms with Crippen LogP contribution in [0.3, 0.4) is 0 Å². The van der Waals surface area contributed by atoms with Crippen molar-refractivity contribution in [3.63, 3.8) is 0 Å². The molecule has 1 aromatic rings. The van der Waals surface area contributed by atoms with Crippen molar-refractivity contribution in [2.75, 3.05) is 24.5 Å². The molecule has 3 heterocycles. The summed E-state index contributed by atoms with van der Waals surface area (Å²) in [4.78, 5) is 44.9. The van der Waals surface area contributed by atoms with Gasteiger partial charge in [-0.1, -0.05) is 12.2 Å². The van der Waals surface area contributed by atoms with E-state index in [0.717, 1.165) is 23.6 Å². The SMILES string of the molecule is O=C(CN1C(=O)[C@@H]2[C@@H](C1=O)[C@H]1C=C[C@H]2C1)NC1CCN(c2ccc(C(F)(F)F)cn2)CC1. The van der Waals surface area contributed by atoms with Gasteiger partial charge in [-0.2, -0.15) is 13.2 Å². The van der Waals surface area contributed by atoms with Crippen molar-refractivity contribution >= 4 is 23.5 Å². The zero-order chi connectivity index (χ0) is 22.6. The van der Waals surface area contributed by atoms with Gasteiger partial charge in [0.25, 0.3) is 0 Å². The summed E-state index contributed by atoms with van der Waals surface area (Å²) in [6.45, 7) is 0.804. The molecule has 4 aliphatic rings. The normalized spacial score (nSPS) is 29.7. The van der Waals surface area contributed by atoms with Crippen molar-refractivity contribution in [2.45, 2.75) is 31.5 Å². The summed E-state index contributed by atoms with van der Waals surface area (Å²) in [5, 5.41) is 2.90. The Hall–Kier alpha value is -2.91. The number of hydrogen-bond acceptors (Lipinski definition) is 5. The summed E-state index contributed by atoms with van der Waals surface area (Å²) in [7, 11) is 0. The van der Waals surface area contributed by atoms with E-state index in [1.165, 1.54) is 6.07 Å². The van der Waals surface area contributed by atoms with Crippen molar-refractivity contribution in [3.05, 3.63) is 36.0 Å². The maximum Gasteiger partial charge on any atom is 0.417 e. The molecule has 170 valence electrons. The third-order valence-electron chi connectivity index (χ3n) is 7.12. The molecule has 5 rings (SSSR count). The lowest BCUT2D eigenvalue weighted by Gasteiger charge is -2.33. The fourth-order valence-corrected chi connectivity index (χ4v) is 5.53. The van der Waals surface area contributed by atoms with Crippen molar-refractivity contribution < 1.29 is 27.6 Å². The number of piperidine rings is 1. The molecule has 0 aromatic carbocycles. The van der Waals surface area contributed by atoms with E-state index in [0.29, 0.717) is 31.7 Å². The third-order valence-corrected chi connectivity index (χ3v) is 7.12. The summed E-state index contributed by atoms with van der Waals surface area (Å²) in [5.41, 5.74) is -0.790. The van der Waals surface area contributed by atoms with E-state index in [4.69, 9.17) is 0 Å². The highest BCUT2D eigenvalue weighted by Gasteiger charge is 2.59. The molecule has 4 atom stereocenters. The van der Waals surface area contributed by atoms with E-state index >= 15 is 0 Å². The van der Waals surface area contributed by atoms with E-state index in [2.05, 4.69) is 10.3 Å². The van der Waals surface area contributed by atoms with Crippen molar-refractivity contribution in [2.24, 2.45) is 23.7 Å². The van der Waals surface area contributed by atoms with Crippen LogP contribution in [0, 0.1) is 23.7 Å². The number of allylic oxidation sites excluding steroid dienone is 2. The number of amides is 3. The van der Waals surface area contributed by atoms with E-state index in [1.807, 2.05) is 17.1 Å². The summed E-state index contributed by atoms with van der Waals surface area (Å²) in [6, 6.07) is 2.24. The van der Waals surface area contributed by atoms with E-state index in [9.17, 15) is 27.6 Å². The number of carbonyl (C=O) groups is 3. The molecular formula is C22H23F3N4O3. The Balaban J connectivity index is 1.12. The largest absolute Gasteiger partial charge is 0.417 e. The molecule has 1 saturated carbocycles. The number of pyridine rings is 1. The molecule has 3 amide bonds. The smallest absolute Gasteiger partial charge is 0.356 e. The van der Waals surface area contributed by atoms with Gasteiger partial charge in [-0.3, -0.25) is 19.3 Å². The zero-order valence-corrected chi connectivity index (χ0v) is 17.2. The minimum absolute atomic E-state index is 0.109. The summed E-state index contributed by atoms with van der Waals surface area (Å²) in [6.07, 6.45) is 2.46. The Kier molecular flexibility index (Phi) is 4.98. The van der Waals surface area contributed by atoms with Gasteiger partial charge in [0.15, 0.2) is 0 Å². The number of nitrogens with zero attached hydrogens (tertiary/aromatic N) is 3. The molecule has 1 N–H and O–H groups in total. The Labute approximate surface area is 182 Å². The minimum Gasteiger partial charge on any atom is -0.356 e. The van der Waals surface area contributed by atoms with Crippen LogP contribution >= 0.6 is 0 Å². The van der Waals surface area contributed by atoms with Gasteiger partial charge in [0.1, 0.15) is 12.4 Å². The molecule has 2 aliphatic heterocycles. The van der Waals surface area contributed by atoms with Crippen LogP contribution in [0.15, 0.2) is 30.5 Å². The van der Waals surface area contributed by atoms with Gasteiger partial charge in [-0.15, -0.1) is 0 Å². The first-order valence-corrected chi connectivity index (χ1v) is 10.8. The van der Waals surface area contributed by atoms with E-state index in [-0.39, 0.29) is 54.0 Å².